The Bertz CT molecular complexity index is 1090. The highest BCUT2D eigenvalue weighted by Gasteiger charge is 2.28. The monoisotopic (exact) mass is 429 g/mol. The van der Waals surface area contributed by atoms with Crippen LogP contribution in [-0.4, -0.2) is 29.5 Å². The number of ether oxygens (including phenoxy) is 2. The molecule has 29 heavy (non-hydrogen) atoms. The van der Waals surface area contributed by atoms with Gasteiger partial charge in [0.25, 0.3) is 11.8 Å². The molecule has 1 aliphatic rings. The summed E-state index contributed by atoms with van der Waals surface area (Å²) < 4.78 is 11.1. The van der Waals surface area contributed by atoms with Gasteiger partial charge in [-0.05, 0) is 31.2 Å². The molecule has 1 unspecified atom stereocenters. The fraction of sp³-hybridized carbons (Fsp3) is 0.150. The molecule has 3 aromatic rings. The molecule has 2 N–H and O–H groups in total. The molecule has 0 fully saturated rings. The van der Waals surface area contributed by atoms with Crippen LogP contribution >= 0.6 is 22.9 Å². The molecular weight excluding hydrogens is 414 g/mol. The summed E-state index contributed by atoms with van der Waals surface area (Å²) in [6.07, 6.45) is -0.866. The number of carbonyl (C=O) groups excluding carboxylic acids is 2. The number of hydrogen-bond acceptors (Lipinski definition) is 6. The number of hydrogen-bond donors (Lipinski definition) is 2. The second-order valence-electron chi connectivity index (χ2n) is 6.25. The molecule has 7 nitrogen and oxygen atoms in total. The lowest BCUT2D eigenvalue weighted by Gasteiger charge is -2.25. The minimum Gasteiger partial charge on any atom is -0.485 e. The van der Waals surface area contributed by atoms with Crippen molar-refractivity contribution in [1.29, 1.82) is 0 Å². The van der Waals surface area contributed by atoms with Gasteiger partial charge in [0.05, 0.1) is 5.69 Å². The Kier molecular flexibility index (Phi) is 5.37. The maximum Gasteiger partial charge on any atom is 0.283 e. The zero-order valence-corrected chi connectivity index (χ0v) is 16.8. The smallest absolute Gasteiger partial charge is 0.283 e. The number of carbonyl (C=O) groups is 2. The molecule has 0 saturated carbocycles. The Morgan fingerprint density at radius 1 is 1.14 bits per heavy atom. The van der Waals surface area contributed by atoms with Gasteiger partial charge >= 0.3 is 0 Å². The molecule has 1 aliphatic heterocycles. The van der Waals surface area contributed by atoms with Gasteiger partial charge in [-0.3, -0.25) is 20.4 Å². The molecule has 0 aliphatic carbocycles. The van der Waals surface area contributed by atoms with E-state index in [0.29, 0.717) is 32.1 Å². The predicted octanol–water partition coefficient (Wildman–Crippen LogP) is 3.37. The number of benzene rings is 2. The summed E-state index contributed by atoms with van der Waals surface area (Å²) in [7, 11) is 0. The average molecular weight is 430 g/mol. The van der Waals surface area contributed by atoms with Gasteiger partial charge in [-0.2, -0.15) is 0 Å². The molecule has 1 atom stereocenters. The summed E-state index contributed by atoms with van der Waals surface area (Å²) >= 11 is 7.24. The Labute approximate surface area is 175 Å². The Morgan fingerprint density at radius 3 is 2.72 bits per heavy atom. The van der Waals surface area contributed by atoms with Gasteiger partial charge in [0.1, 0.15) is 16.5 Å². The fourth-order valence-corrected chi connectivity index (χ4v) is 3.90. The molecule has 148 valence electrons. The maximum atomic E-state index is 12.5. The van der Waals surface area contributed by atoms with Gasteiger partial charge in [0.2, 0.25) is 6.10 Å². The van der Waals surface area contributed by atoms with Crippen LogP contribution in [0.25, 0.3) is 10.6 Å². The van der Waals surface area contributed by atoms with E-state index in [1.165, 1.54) is 11.3 Å². The number of fused-ring (bicyclic) bond motifs is 1. The Hall–Kier alpha value is -3.10. The number of hydrazine groups is 1. The predicted molar refractivity (Wildman–Crippen MR) is 109 cm³/mol. The third-order valence-electron chi connectivity index (χ3n) is 4.17. The van der Waals surface area contributed by atoms with Crippen LogP contribution < -0.4 is 20.3 Å². The molecule has 2 aromatic carbocycles. The summed E-state index contributed by atoms with van der Waals surface area (Å²) in [5.74, 6) is 0.0907. The van der Waals surface area contributed by atoms with E-state index in [-0.39, 0.29) is 6.61 Å². The van der Waals surface area contributed by atoms with Crippen LogP contribution in [0.4, 0.5) is 0 Å². The number of amides is 2. The number of rotatable bonds is 3. The summed E-state index contributed by atoms with van der Waals surface area (Å²) in [6, 6.07) is 14.3. The summed E-state index contributed by atoms with van der Waals surface area (Å²) in [6.45, 7) is 1.79. The van der Waals surface area contributed by atoms with Crippen molar-refractivity contribution in [3.05, 3.63) is 64.1 Å². The van der Waals surface area contributed by atoms with Crippen LogP contribution in [0.15, 0.2) is 48.5 Å². The number of aryl methyl sites for hydroxylation is 1. The Morgan fingerprint density at radius 2 is 1.93 bits per heavy atom. The number of nitrogens with zero attached hydrogens (tertiary/aromatic N) is 1. The second kappa shape index (κ2) is 8.10. The minimum atomic E-state index is -0.866. The van der Waals surface area contributed by atoms with Crippen LogP contribution in [0.5, 0.6) is 11.5 Å². The van der Waals surface area contributed by atoms with Crippen molar-refractivity contribution in [2.45, 2.75) is 13.0 Å². The lowest BCUT2D eigenvalue weighted by molar-refractivity contribution is -0.131. The lowest BCUT2D eigenvalue weighted by atomic mass is 10.2. The van der Waals surface area contributed by atoms with Crippen LogP contribution in [0, 0.1) is 6.92 Å². The van der Waals surface area contributed by atoms with Gasteiger partial charge in [-0.1, -0.05) is 35.9 Å². The summed E-state index contributed by atoms with van der Waals surface area (Å²) in [4.78, 5) is 29.7. The van der Waals surface area contributed by atoms with Crippen molar-refractivity contribution in [1.82, 2.24) is 15.8 Å². The van der Waals surface area contributed by atoms with Gasteiger partial charge in [0.15, 0.2) is 11.5 Å². The zero-order valence-electron chi connectivity index (χ0n) is 15.3. The number of nitrogens with one attached hydrogen (secondary N) is 2. The number of para-hydroxylation sites is 2. The quantitative estimate of drug-likeness (QED) is 0.623. The second-order valence-corrected chi connectivity index (χ2v) is 7.69. The largest absolute Gasteiger partial charge is 0.485 e. The van der Waals surface area contributed by atoms with Gasteiger partial charge in [0, 0.05) is 10.6 Å². The highest BCUT2D eigenvalue weighted by molar-refractivity contribution is 7.17. The first kappa shape index (κ1) is 19.2. The number of thiazole rings is 1. The molecule has 4 rings (SSSR count). The van der Waals surface area contributed by atoms with E-state index in [2.05, 4.69) is 15.8 Å². The molecule has 0 radical (unpaired) electrons. The third-order valence-corrected chi connectivity index (χ3v) is 5.62. The normalized spacial score (nSPS) is 14.9. The first-order chi connectivity index (χ1) is 14.0. The van der Waals surface area contributed by atoms with Crippen LogP contribution in [-0.2, 0) is 4.79 Å². The summed E-state index contributed by atoms with van der Waals surface area (Å²) in [5, 5.41) is 1.26. The fourth-order valence-electron chi connectivity index (χ4n) is 2.76. The lowest BCUT2D eigenvalue weighted by Crippen LogP contribution is -2.50. The minimum absolute atomic E-state index is 0.0528. The highest BCUT2D eigenvalue weighted by atomic mass is 35.5. The molecule has 2 heterocycles. The molecule has 0 saturated heterocycles. The zero-order chi connectivity index (χ0) is 20.4. The molecule has 1 aromatic heterocycles. The van der Waals surface area contributed by atoms with Crippen molar-refractivity contribution in [3.63, 3.8) is 0 Å². The topological polar surface area (TPSA) is 89.6 Å². The standard InChI is InChI=1S/C20H16ClN3O4S/c1-11-17(29-20(22-11)12-5-4-6-13(21)9-12)19(26)24-23-18(25)16-10-27-14-7-2-3-8-15(14)28-16/h2-9,16H,10H2,1H3,(H,23,25)(H,24,26). The van der Waals surface area contributed by atoms with Gasteiger partial charge in [-0.25, -0.2) is 4.98 Å². The van der Waals surface area contributed by atoms with Crippen molar-refractivity contribution < 1.29 is 19.1 Å². The first-order valence-electron chi connectivity index (χ1n) is 8.73. The van der Waals surface area contributed by atoms with E-state index >= 15 is 0 Å². The van der Waals surface area contributed by atoms with Crippen molar-refractivity contribution in [2.75, 3.05) is 6.61 Å². The SMILES string of the molecule is Cc1nc(-c2cccc(Cl)c2)sc1C(=O)NNC(=O)C1COc2ccccc2O1. The van der Waals surface area contributed by atoms with Gasteiger partial charge in [-0.15, -0.1) is 11.3 Å². The number of aromatic nitrogens is 1. The van der Waals surface area contributed by atoms with E-state index in [9.17, 15) is 9.59 Å². The van der Waals surface area contributed by atoms with Crippen molar-refractivity contribution in [2.24, 2.45) is 0 Å². The van der Waals surface area contributed by atoms with E-state index < -0.39 is 17.9 Å². The molecule has 0 bridgehead atoms. The van der Waals surface area contributed by atoms with Gasteiger partial charge < -0.3 is 9.47 Å². The average Bonchev–Trinajstić information content (AvgIpc) is 3.13. The third kappa shape index (κ3) is 4.18. The number of halogens is 1. The van der Waals surface area contributed by atoms with E-state index in [1.54, 1.807) is 37.3 Å². The van der Waals surface area contributed by atoms with E-state index in [1.807, 2.05) is 18.2 Å². The van der Waals surface area contributed by atoms with Crippen molar-refractivity contribution in [3.8, 4) is 22.1 Å². The van der Waals surface area contributed by atoms with E-state index in [0.717, 1.165) is 5.56 Å². The first-order valence-corrected chi connectivity index (χ1v) is 9.93. The highest BCUT2D eigenvalue weighted by Crippen LogP contribution is 2.31. The Balaban J connectivity index is 1.39. The van der Waals surface area contributed by atoms with E-state index in [4.69, 9.17) is 21.1 Å². The van der Waals surface area contributed by atoms with Crippen LogP contribution in [0.1, 0.15) is 15.4 Å². The van der Waals surface area contributed by atoms with Crippen LogP contribution in [0.2, 0.25) is 5.02 Å². The van der Waals surface area contributed by atoms with Crippen molar-refractivity contribution >= 4 is 34.8 Å². The maximum absolute atomic E-state index is 12.5. The molecular formula is C20H16ClN3O4S. The molecule has 9 heteroatoms. The molecule has 0 spiro atoms. The van der Waals surface area contributed by atoms with Crippen LogP contribution in [0.3, 0.4) is 0 Å². The summed E-state index contributed by atoms with van der Waals surface area (Å²) in [5.41, 5.74) is 6.17. The molecule has 2 amide bonds.